The Balaban J connectivity index is 4.60. The molecule has 0 bridgehead atoms. The van der Waals surface area contributed by atoms with E-state index in [0.717, 1.165) is 0 Å². The van der Waals surface area contributed by atoms with E-state index in [4.69, 9.17) is 9.26 Å². The Morgan fingerprint density at radius 2 is 2.05 bits per heavy atom. The molecular formula is C12H23NO6P+. The van der Waals surface area contributed by atoms with E-state index < -0.39 is 32.1 Å². The molecule has 116 valence electrons. The molecule has 0 rings (SSSR count). The summed E-state index contributed by atoms with van der Waals surface area (Å²) >= 11 is 0. The number of amides is 1. The summed E-state index contributed by atoms with van der Waals surface area (Å²) in [5.74, 6) is 0. The van der Waals surface area contributed by atoms with Crippen molar-refractivity contribution in [2.75, 3.05) is 13.7 Å². The number of aliphatic hydroxyl groups is 1. The highest BCUT2D eigenvalue weighted by Crippen LogP contribution is 2.22. The maximum Gasteiger partial charge on any atom is 0.697 e. The quantitative estimate of drug-likeness (QED) is 0.553. The van der Waals surface area contributed by atoms with Crippen molar-refractivity contribution in [3.05, 3.63) is 12.2 Å². The van der Waals surface area contributed by atoms with Crippen LogP contribution in [0.3, 0.4) is 0 Å². The third-order valence-electron chi connectivity index (χ3n) is 2.01. The average Bonchev–Trinajstić information content (AvgIpc) is 2.31. The zero-order valence-corrected chi connectivity index (χ0v) is 13.3. The normalized spacial score (nSPS) is 15.8. The van der Waals surface area contributed by atoms with Gasteiger partial charge in [0.2, 0.25) is 0 Å². The number of hydrogen-bond acceptors (Lipinski definition) is 6. The highest BCUT2D eigenvalue weighted by atomic mass is 31.1. The van der Waals surface area contributed by atoms with Crippen LogP contribution in [0.5, 0.6) is 0 Å². The van der Waals surface area contributed by atoms with E-state index in [9.17, 15) is 14.5 Å². The van der Waals surface area contributed by atoms with Crippen LogP contribution in [-0.4, -0.2) is 42.7 Å². The van der Waals surface area contributed by atoms with E-state index in [1.54, 1.807) is 33.8 Å². The first-order chi connectivity index (χ1) is 9.19. The van der Waals surface area contributed by atoms with Gasteiger partial charge in [-0.2, -0.15) is 0 Å². The third-order valence-corrected chi connectivity index (χ3v) is 2.67. The number of alkyl carbamates (subject to hydrolysis) is 1. The topological polar surface area (TPSA) is 94.1 Å². The molecule has 3 atom stereocenters. The number of ether oxygens (including phenoxy) is 1. The molecule has 0 aromatic heterocycles. The molecule has 0 spiro atoms. The minimum absolute atomic E-state index is 0.173. The molecular weight excluding hydrogens is 285 g/mol. The Morgan fingerprint density at radius 3 is 2.50 bits per heavy atom. The number of aliphatic hydroxyl groups excluding tert-OH is 1. The molecule has 0 aliphatic heterocycles. The van der Waals surface area contributed by atoms with Crippen LogP contribution in [0.15, 0.2) is 12.2 Å². The second kappa shape index (κ2) is 9.02. The zero-order valence-electron chi connectivity index (χ0n) is 12.5. The van der Waals surface area contributed by atoms with Crippen molar-refractivity contribution in [2.45, 2.75) is 45.4 Å². The van der Waals surface area contributed by atoms with Gasteiger partial charge in [0.25, 0.3) is 0 Å². The number of hydrogen-bond donors (Lipinski definition) is 2. The molecule has 1 unspecified atom stereocenters. The molecule has 1 amide bonds. The zero-order chi connectivity index (χ0) is 15.8. The second-order valence-corrected chi connectivity index (χ2v) is 6.04. The Morgan fingerprint density at radius 1 is 1.45 bits per heavy atom. The molecule has 7 nitrogen and oxygen atoms in total. The fourth-order valence-corrected chi connectivity index (χ4v) is 1.60. The van der Waals surface area contributed by atoms with Gasteiger partial charge in [0.15, 0.2) is 0 Å². The molecule has 2 N–H and O–H groups in total. The summed E-state index contributed by atoms with van der Waals surface area (Å²) in [4.78, 5) is 11.7. The number of allylic oxidation sites excluding steroid dienone is 1. The monoisotopic (exact) mass is 308 g/mol. The van der Waals surface area contributed by atoms with Crippen LogP contribution in [0.2, 0.25) is 0 Å². The van der Waals surface area contributed by atoms with Crippen molar-refractivity contribution in [1.29, 1.82) is 0 Å². The summed E-state index contributed by atoms with van der Waals surface area (Å²) < 4.78 is 25.5. The second-order valence-electron chi connectivity index (χ2n) is 4.97. The summed E-state index contributed by atoms with van der Waals surface area (Å²) in [6, 6.07) is -0.796. The van der Waals surface area contributed by atoms with Crippen molar-refractivity contribution < 1.29 is 28.3 Å². The highest BCUT2D eigenvalue weighted by Gasteiger charge is 2.28. The Bertz CT molecular complexity index is 352. The van der Waals surface area contributed by atoms with Gasteiger partial charge < -0.3 is 15.2 Å². The van der Waals surface area contributed by atoms with Crippen LogP contribution in [0, 0.1) is 0 Å². The predicted octanol–water partition coefficient (Wildman–Crippen LogP) is 2.14. The van der Waals surface area contributed by atoms with Gasteiger partial charge in [-0.25, -0.2) is 4.79 Å². The van der Waals surface area contributed by atoms with E-state index in [-0.39, 0.29) is 6.61 Å². The minimum Gasteiger partial charge on any atom is -0.444 e. The number of carbonyl (C=O) groups is 1. The average molecular weight is 308 g/mol. The number of rotatable bonds is 7. The van der Waals surface area contributed by atoms with Gasteiger partial charge >= 0.3 is 14.3 Å². The summed E-state index contributed by atoms with van der Waals surface area (Å²) in [5.41, 5.74) is -0.654. The third kappa shape index (κ3) is 8.98. The minimum atomic E-state index is -2.27. The molecule has 0 saturated heterocycles. The Kier molecular flexibility index (Phi) is 8.57. The van der Waals surface area contributed by atoms with Crippen LogP contribution in [-0.2, 0) is 18.3 Å². The Hall–Kier alpha value is -1.01. The molecule has 0 fully saturated rings. The molecule has 0 aliphatic rings. The molecule has 0 radical (unpaired) electrons. The van der Waals surface area contributed by atoms with Crippen LogP contribution in [0.4, 0.5) is 4.79 Å². The first kappa shape index (κ1) is 19.0. The maximum atomic E-state index is 11.7. The lowest BCUT2D eigenvalue weighted by molar-refractivity contribution is 0.0414. The van der Waals surface area contributed by atoms with Gasteiger partial charge in [0.1, 0.15) is 12.2 Å². The smallest absolute Gasteiger partial charge is 0.444 e. The van der Waals surface area contributed by atoms with Crippen LogP contribution < -0.4 is 5.32 Å². The van der Waals surface area contributed by atoms with Crippen molar-refractivity contribution in [2.24, 2.45) is 0 Å². The molecule has 20 heavy (non-hydrogen) atoms. The maximum absolute atomic E-state index is 11.7. The molecule has 8 heteroatoms. The predicted molar refractivity (Wildman–Crippen MR) is 74.5 cm³/mol. The first-order valence-corrected chi connectivity index (χ1v) is 7.23. The first-order valence-electron chi connectivity index (χ1n) is 6.14. The van der Waals surface area contributed by atoms with Crippen LogP contribution >= 0.6 is 8.25 Å². The summed E-state index contributed by atoms with van der Waals surface area (Å²) in [5, 5.41) is 12.3. The van der Waals surface area contributed by atoms with Crippen molar-refractivity contribution >= 4 is 14.3 Å². The van der Waals surface area contributed by atoms with Gasteiger partial charge in [-0.3, -0.25) is 0 Å². The highest BCUT2D eigenvalue weighted by molar-refractivity contribution is 7.33. The molecule has 0 heterocycles. The molecule has 0 saturated carbocycles. The van der Waals surface area contributed by atoms with Gasteiger partial charge in [-0.15, -0.1) is 9.05 Å². The van der Waals surface area contributed by atoms with Gasteiger partial charge in [0.05, 0.1) is 19.3 Å². The van der Waals surface area contributed by atoms with Crippen LogP contribution in [0.25, 0.3) is 0 Å². The SMILES string of the molecule is C/C=C/[C@@H](O)[C@H](CO[P+](=O)OC)NC(=O)OC(C)(C)C. The van der Waals surface area contributed by atoms with Crippen molar-refractivity contribution in [1.82, 2.24) is 5.32 Å². The molecule has 0 aliphatic carbocycles. The summed E-state index contributed by atoms with van der Waals surface area (Å²) in [6.45, 7) is 6.73. The van der Waals surface area contributed by atoms with Gasteiger partial charge in [-0.1, -0.05) is 12.2 Å². The summed E-state index contributed by atoms with van der Waals surface area (Å²) in [6.07, 6.45) is 1.42. The van der Waals surface area contributed by atoms with E-state index in [1.807, 2.05) is 0 Å². The van der Waals surface area contributed by atoms with Gasteiger partial charge in [-0.05, 0) is 27.7 Å². The van der Waals surface area contributed by atoms with E-state index in [1.165, 1.54) is 13.2 Å². The van der Waals surface area contributed by atoms with E-state index in [0.29, 0.717) is 0 Å². The fraction of sp³-hybridized carbons (Fsp3) is 0.750. The lowest BCUT2D eigenvalue weighted by Gasteiger charge is -2.24. The van der Waals surface area contributed by atoms with Gasteiger partial charge in [0, 0.05) is 4.57 Å². The molecule has 0 aromatic rings. The summed E-state index contributed by atoms with van der Waals surface area (Å²) in [7, 11) is -1.04. The number of nitrogens with one attached hydrogen (secondary N) is 1. The fourth-order valence-electron chi connectivity index (χ4n) is 1.21. The van der Waals surface area contributed by atoms with Crippen molar-refractivity contribution in [3.63, 3.8) is 0 Å². The van der Waals surface area contributed by atoms with E-state index >= 15 is 0 Å². The van der Waals surface area contributed by atoms with E-state index in [2.05, 4.69) is 9.84 Å². The lowest BCUT2D eigenvalue weighted by atomic mass is 10.1. The van der Waals surface area contributed by atoms with Crippen molar-refractivity contribution in [3.8, 4) is 0 Å². The molecule has 0 aromatic carbocycles. The largest absolute Gasteiger partial charge is 0.697 e. The number of carbonyl (C=O) groups excluding carboxylic acids is 1. The van der Waals surface area contributed by atoms with Crippen LogP contribution in [0.1, 0.15) is 27.7 Å². The lowest BCUT2D eigenvalue weighted by Crippen LogP contribution is -2.47. The standard InChI is InChI=1S/C12H22NO6P/c1-6-7-10(14)9(8-18-20(16)17-5)13-11(15)19-12(2,3)4/h6-7,9-10,14H,8H2,1-5H3/p+1/b7-6+/t9-,10+/m0/s1. The Labute approximate surface area is 120 Å².